The van der Waals surface area contributed by atoms with Gasteiger partial charge in [-0.1, -0.05) is 30.3 Å². The molecule has 2 atom stereocenters. The van der Waals surface area contributed by atoms with Crippen LogP contribution in [0, 0.1) is 5.92 Å². The monoisotopic (exact) mass is 332 g/mol. The Balaban J connectivity index is 1.65. The molecule has 104 valence electrons. The van der Waals surface area contributed by atoms with Crippen LogP contribution >= 0.6 is 15.9 Å². The molecule has 0 bridgehead atoms. The van der Waals surface area contributed by atoms with Crippen molar-refractivity contribution in [1.29, 1.82) is 0 Å². The zero-order valence-electron chi connectivity index (χ0n) is 11.1. The van der Waals surface area contributed by atoms with Gasteiger partial charge in [0, 0.05) is 29.7 Å². The Labute approximate surface area is 127 Å². The number of benzene rings is 1. The maximum absolute atomic E-state index is 5.90. The lowest BCUT2D eigenvalue weighted by Gasteiger charge is -2.19. The zero-order chi connectivity index (χ0) is 13.8. The lowest BCUT2D eigenvalue weighted by atomic mass is 9.95. The number of pyridine rings is 1. The van der Waals surface area contributed by atoms with Crippen LogP contribution in [-0.2, 0) is 4.74 Å². The van der Waals surface area contributed by atoms with Crippen LogP contribution in [0.4, 0.5) is 5.69 Å². The number of hydrogen-bond acceptors (Lipinski definition) is 3. The van der Waals surface area contributed by atoms with Gasteiger partial charge in [-0.05, 0) is 34.0 Å². The number of anilines is 1. The Morgan fingerprint density at radius 1 is 1.25 bits per heavy atom. The highest BCUT2D eigenvalue weighted by Gasteiger charge is 2.29. The normalized spacial score (nSPS) is 21.9. The largest absolute Gasteiger partial charge is 0.383 e. The van der Waals surface area contributed by atoms with Gasteiger partial charge in [-0.3, -0.25) is 4.98 Å². The number of halogens is 1. The molecule has 0 aliphatic carbocycles. The summed E-state index contributed by atoms with van der Waals surface area (Å²) in [5, 5.41) is 3.45. The molecule has 1 saturated heterocycles. The van der Waals surface area contributed by atoms with Gasteiger partial charge in [0.15, 0.2) is 0 Å². The number of aromatic nitrogens is 1. The Morgan fingerprint density at radius 2 is 2.10 bits per heavy atom. The van der Waals surface area contributed by atoms with Crippen molar-refractivity contribution in [2.45, 2.75) is 12.5 Å². The molecule has 1 aromatic carbocycles. The maximum atomic E-state index is 5.90. The fourth-order valence-electron chi connectivity index (χ4n) is 2.61. The summed E-state index contributed by atoms with van der Waals surface area (Å²) in [5.74, 6) is 0.497. The molecule has 2 unspecified atom stereocenters. The topological polar surface area (TPSA) is 34.2 Å². The maximum Gasteiger partial charge on any atom is 0.0870 e. The van der Waals surface area contributed by atoms with E-state index >= 15 is 0 Å². The Morgan fingerprint density at radius 3 is 2.90 bits per heavy atom. The first kappa shape index (κ1) is 13.6. The minimum absolute atomic E-state index is 0.198. The van der Waals surface area contributed by atoms with E-state index in [0.29, 0.717) is 5.92 Å². The first-order valence-corrected chi connectivity index (χ1v) is 7.63. The lowest BCUT2D eigenvalue weighted by Crippen LogP contribution is -2.18. The summed E-state index contributed by atoms with van der Waals surface area (Å²) < 4.78 is 6.89. The summed E-state index contributed by atoms with van der Waals surface area (Å²) in [6.45, 7) is 1.74. The zero-order valence-corrected chi connectivity index (χ0v) is 12.7. The van der Waals surface area contributed by atoms with Crippen molar-refractivity contribution in [2.24, 2.45) is 5.92 Å². The Hall–Kier alpha value is -1.39. The van der Waals surface area contributed by atoms with Crippen LogP contribution in [0.2, 0.25) is 0 Å². The van der Waals surface area contributed by atoms with Crippen molar-refractivity contribution in [1.82, 2.24) is 4.98 Å². The Kier molecular flexibility index (Phi) is 4.33. The molecule has 1 fully saturated rings. The number of hydrogen-bond donors (Lipinski definition) is 1. The number of ether oxygens (including phenoxy) is 1. The van der Waals surface area contributed by atoms with E-state index in [1.54, 1.807) is 6.20 Å². The average molecular weight is 333 g/mol. The van der Waals surface area contributed by atoms with Crippen molar-refractivity contribution in [3.05, 3.63) is 58.8 Å². The molecule has 1 N–H and O–H groups in total. The molecule has 3 rings (SSSR count). The second-order valence-corrected chi connectivity index (χ2v) is 5.94. The van der Waals surface area contributed by atoms with E-state index in [-0.39, 0.29) is 6.10 Å². The molecule has 0 spiro atoms. The van der Waals surface area contributed by atoms with E-state index in [0.717, 1.165) is 29.7 Å². The molecule has 0 amide bonds. The molecule has 1 aliphatic heterocycles. The molecular weight excluding hydrogens is 316 g/mol. The van der Waals surface area contributed by atoms with Gasteiger partial charge in [0.1, 0.15) is 0 Å². The van der Waals surface area contributed by atoms with Gasteiger partial charge in [0.25, 0.3) is 0 Å². The van der Waals surface area contributed by atoms with Gasteiger partial charge >= 0.3 is 0 Å². The van der Waals surface area contributed by atoms with Gasteiger partial charge in [-0.15, -0.1) is 0 Å². The highest BCUT2D eigenvalue weighted by atomic mass is 79.9. The molecule has 20 heavy (non-hydrogen) atoms. The first-order valence-electron chi connectivity index (χ1n) is 6.84. The lowest BCUT2D eigenvalue weighted by molar-refractivity contribution is 0.0933. The molecule has 2 heterocycles. The summed E-state index contributed by atoms with van der Waals surface area (Å²) in [6, 6.07) is 12.5. The molecule has 2 aromatic rings. The average Bonchev–Trinajstić information content (AvgIpc) is 2.95. The minimum Gasteiger partial charge on any atom is -0.383 e. The summed E-state index contributed by atoms with van der Waals surface area (Å²) >= 11 is 3.44. The van der Waals surface area contributed by atoms with E-state index in [2.05, 4.69) is 50.5 Å². The predicted molar refractivity (Wildman–Crippen MR) is 83.7 cm³/mol. The highest BCUT2D eigenvalue weighted by Crippen LogP contribution is 2.34. The third-order valence-electron chi connectivity index (χ3n) is 3.62. The molecule has 3 nitrogen and oxygen atoms in total. The first-order chi connectivity index (χ1) is 9.83. The van der Waals surface area contributed by atoms with Crippen molar-refractivity contribution in [3.8, 4) is 0 Å². The summed E-state index contributed by atoms with van der Waals surface area (Å²) in [5.41, 5.74) is 2.31. The molecule has 0 saturated carbocycles. The van der Waals surface area contributed by atoms with Gasteiger partial charge in [0.2, 0.25) is 0 Å². The second kappa shape index (κ2) is 6.37. The molecule has 4 heteroatoms. The van der Waals surface area contributed by atoms with E-state index in [1.165, 1.54) is 5.56 Å². The smallest absolute Gasteiger partial charge is 0.0870 e. The third kappa shape index (κ3) is 3.19. The molecule has 1 aromatic heterocycles. The van der Waals surface area contributed by atoms with E-state index in [1.807, 2.05) is 18.3 Å². The fraction of sp³-hybridized carbons (Fsp3) is 0.312. The summed E-state index contributed by atoms with van der Waals surface area (Å²) in [7, 11) is 0. The van der Waals surface area contributed by atoms with Crippen LogP contribution in [0.25, 0.3) is 0 Å². The van der Waals surface area contributed by atoms with E-state index in [9.17, 15) is 0 Å². The van der Waals surface area contributed by atoms with E-state index < -0.39 is 0 Å². The van der Waals surface area contributed by atoms with Crippen molar-refractivity contribution in [2.75, 3.05) is 18.5 Å². The Bertz CT molecular complexity index is 561. The molecular formula is C16H17BrN2O. The quantitative estimate of drug-likeness (QED) is 0.917. The van der Waals surface area contributed by atoms with Gasteiger partial charge in [-0.25, -0.2) is 0 Å². The SMILES string of the molecule is Brc1cncc(NCC2CCOC2c2ccccc2)c1. The van der Waals surface area contributed by atoms with Gasteiger partial charge in [0.05, 0.1) is 18.0 Å². The van der Waals surface area contributed by atoms with Crippen LogP contribution in [-0.4, -0.2) is 18.1 Å². The highest BCUT2D eigenvalue weighted by molar-refractivity contribution is 9.10. The van der Waals surface area contributed by atoms with Crippen molar-refractivity contribution >= 4 is 21.6 Å². The van der Waals surface area contributed by atoms with Gasteiger partial charge < -0.3 is 10.1 Å². The number of nitrogens with one attached hydrogen (secondary N) is 1. The van der Waals surface area contributed by atoms with Crippen LogP contribution in [0.15, 0.2) is 53.3 Å². The van der Waals surface area contributed by atoms with Crippen LogP contribution in [0.1, 0.15) is 18.1 Å². The van der Waals surface area contributed by atoms with Crippen molar-refractivity contribution < 1.29 is 4.74 Å². The predicted octanol–water partition coefficient (Wildman–Crippen LogP) is 4.03. The second-order valence-electron chi connectivity index (χ2n) is 5.02. The third-order valence-corrected chi connectivity index (χ3v) is 4.05. The number of rotatable bonds is 4. The number of nitrogens with zero attached hydrogens (tertiary/aromatic N) is 1. The van der Waals surface area contributed by atoms with Gasteiger partial charge in [-0.2, -0.15) is 0 Å². The van der Waals surface area contributed by atoms with Crippen LogP contribution in [0.5, 0.6) is 0 Å². The summed E-state index contributed by atoms with van der Waals surface area (Å²) in [4.78, 5) is 4.17. The van der Waals surface area contributed by atoms with Crippen LogP contribution < -0.4 is 5.32 Å². The standard InChI is InChI=1S/C16H17BrN2O/c17-14-8-15(11-18-10-14)19-9-13-6-7-20-16(13)12-4-2-1-3-5-12/h1-5,8,10-11,13,16,19H,6-7,9H2. The summed E-state index contributed by atoms with van der Waals surface area (Å²) in [6.07, 6.45) is 4.92. The molecule has 0 radical (unpaired) electrons. The minimum atomic E-state index is 0.198. The van der Waals surface area contributed by atoms with Crippen molar-refractivity contribution in [3.63, 3.8) is 0 Å². The van der Waals surface area contributed by atoms with Crippen LogP contribution in [0.3, 0.4) is 0 Å². The fourth-order valence-corrected chi connectivity index (χ4v) is 2.98. The van der Waals surface area contributed by atoms with E-state index in [4.69, 9.17) is 4.74 Å². The molecule has 1 aliphatic rings.